The van der Waals surface area contributed by atoms with Crippen LogP contribution in [0, 0.1) is 11.3 Å². The molecule has 0 aliphatic carbocycles. The molecule has 1 aromatic heterocycles. The molecular formula is C11H13BN2O3. The minimum absolute atomic E-state index is 0.00416. The molecule has 0 spiro atoms. The highest BCUT2D eigenvalue weighted by molar-refractivity contribution is 6.61. The Kier molecular flexibility index (Phi) is 3.32. The van der Waals surface area contributed by atoms with Gasteiger partial charge in [0.2, 0.25) is 5.88 Å². The predicted molar refractivity (Wildman–Crippen MR) is 61.8 cm³/mol. The van der Waals surface area contributed by atoms with Crippen LogP contribution in [0.1, 0.15) is 13.8 Å². The maximum atomic E-state index is 8.37. The van der Waals surface area contributed by atoms with E-state index in [0.717, 1.165) is 5.46 Å². The highest BCUT2D eigenvalue weighted by atomic mass is 16.7. The van der Waals surface area contributed by atoms with Gasteiger partial charge >= 0.3 is 7.12 Å². The van der Waals surface area contributed by atoms with Crippen molar-refractivity contribution in [2.75, 3.05) is 13.2 Å². The molecule has 6 heteroatoms. The summed E-state index contributed by atoms with van der Waals surface area (Å²) in [4.78, 5) is 4.08. The van der Waals surface area contributed by atoms with E-state index < -0.39 is 0 Å². The molecule has 1 aliphatic heterocycles. The van der Waals surface area contributed by atoms with Crippen LogP contribution in [0.4, 0.5) is 0 Å². The summed E-state index contributed by atoms with van der Waals surface area (Å²) in [5, 5.41) is 8.37. The molecule has 0 unspecified atom stereocenters. The fraction of sp³-hybridized carbons (Fsp3) is 0.455. The third-order valence-electron chi connectivity index (χ3n) is 2.32. The Hall–Kier alpha value is -1.58. The molecule has 0 amide bonds. The van der Waals surface area contributed by atoms with E-state index >= 15 is 0 Å². The Bertz CT molecular complexity index is 427. The maximum Gasteiger partial charge on any atom is 0.496 e. The van der Waals surface area contributed by atoms with E-state index in [1.165, 1.54) is 0 Å². The zero-order chi connectivity index (χ0) is 12.3. The number of rotatable bonds is 3. The van der Waals surface area contributed by atoms with Crippen molar-refractivity contribution < 1.29 is 14.0 Å². The van der Waals surface area contributed by atoms with Crippen molar-refractivity contribution >= 4 is 12.6 Å². The monoisotopic (exact) mass is 232 g/mol. The fourth-order valence-corrected chi connectivity index (χ4v) is 1.52. The fourth-order valence-electron chi connectivity index (χ4n) is 1.52. The average molecular weight is 232 g/mol. The molecule has 1 aliphatic rings. The molecule has 2 rings (SSSR count). The Labute approximate surface area is 100 Å². The molecule has 17 heavy (non-hydrogen) atoms. The largest absolute Gasteiger partial charge is 0.496 e. The van der Waals surface area contributed by atoms with Crippen LogP contribution in [0.15, 0.2) is 18.3 Å². The molecule has 0 N–H and O–H groups in total. The van der Waals surface area contributed by atoms with Gasteiger partial charge in [0.1, 0.15) is 6.07 Å². The maximum absolute atomic E-state index is 8.37. The lowest BCUT2D eigenvalue weighted by Crippen LogP contribution is -2.34. The van der Waals surface area contributed by atoms with Crippen LogP contribution in [0.3, 0.4) is 0 Å². The number of hydrogen-bond acceptors (Lipinski definition) is 5. The van der Waals surface area contributed by atoms with E-state index in [1.807, 2.05) is 26.0 Å². The zero-order valence-corrected chi connectivity index (χ0v) is 9.84. The van der Waals surface area contributed by atoms with Crippen molar-refractivity contribution in [1.82, 2.24) is 4.98 Å². The molecule has 1 aromatic rings. The minimum atomic E-state index is -0.373. The molecule has 0 radical (unpaired) electrons. The van der Waals surface area contributed by atoms with Crippen molar-refractivity contribution in [3.63, 3.8) is 0 Å². The number of hydrogen-bond donors (Lipinski definition) is 0. The Morgan fingerprint density at radius 1 is 1.59 bits per heavy atom. The van der Waals surface area contributed by atoms with Gasteiger partial charge in [0.25, 0.3) is 0 Å². The number of nitriles is 1. The second-order valence-electron chi connectivity index (χ2n) is 4.40. The summed E-state index contributed by atoms with van der Waals surface area (Å²) in [7, 11) is -0.373. The topological polar surface area (TPSA) is 64.4 Å². The first kappa shape index (κ1) is 11.9. The lowest BCUT2D eigenvalue weighted by molar-refractivity contribution is 0.137. The van der Waals surface area contributed by atoms with Gasteiger partial charge in [0.05, 0.1) is 12.2 Å². The zero-order valence-electron chi connectivity index (χ0n) is 9.84. The molecular weight excluding hydrogens is 219 g/mol. The van der Waals surface area contributed by atoms with Crippen molar-refractivity contribution in [1.29, 1.82) is 5.26 Å². The number of ether oxygens (including phenoxy) is 1. The molecule has 0 saturated carbocycles. The molecule has 1 fully saturated rings. The molecule has 88 valence electrons. The van der Waals surface area contributed by atoms with Crippen molar-refractivity contribution in [2.24, 2.45) is 0 Å². The van der Waals surface area contributed by atoms with E-state index in [4.69, 9.17) is 19.3 Å². The summed E-state index contributed by atoms with van der Waals surface area (Å²) < 4.78 is 16.3. The van der Waals surface area contributed by atoms with E-state index in [1.54, 1.807) is 12.3 Å². The van der Waals surface area contributed by atoms with Crippen LogP contribution < -0.4 is 10.2 Å². The lowest BCUT2D eigenvalue weighted by atomic mass is 9.80. The van der Waals surface area contributed by atoms with Gasteiger partial charge in [0.15, 0.2) is 6.61 Å². The van der Waals surface area contributed by atoms with Gasteiger partial charge in [-0.25, -0.2) is 4.98 Å². The first-order chi connectivity index (χ1) is 8.11. The summed E-state index contributed by atoms with van der Waals surface area (Å²) in [5.74, 6) is 0.424. The summed E-state index contributed by atoms with van der Waals surface area (Å²) in [6.07, 6.45) is 1.64. The molecule has 1 saturated heterocycles. The van der Waals surface area contributed by atoms with Crippen molar-refractivity contribution in [2.45, 2.75) is 19.4 Å². The third-order valence-corrected chi connectivity index (χ3v) is 2.32. The number of aromatic nitrogens is 1. The normalized spacial score (nSPS) is 17.8. The average Bonchev–Trinajstić information content (AvgIpc) is 2.68. The van der Waals surface area contributed by atoms with Crippen LogP contribution in [0.5, 0.6) is 5.88 Å². The van der Waals surface area contributed by atoms with Gasteiger partial charge in [0, 0.05) is 11.7 Å². The first-order valence-electron chi connectivity index (χ1n) is 5.36. The highest BCUT2D eigenvalue weighted by Crippen LogP contribution is 2.19. The highest BCUT2D eigenvalue weighted by Gasteiger charge is 2.38. The van der Waals surface area contributed by atoms with Crippen LogP contribution in [0.25, 0.3) is 0 Å². The number of pyridine rings is 1. The van der Waals surface area contributed by atoms with Crippen molar-refractivity contribution in [3.05, 3.63) is 18.3 Å². The van der Waals surface area contributed by atoms with Gasteiger partial charge in [-0.15, -0.1) is 0 Å². The van der Waals surface area contributed by atoms with E-state index in [0.29, 0.717) is 12.5 Å². The smallest absolute Gasteiger partial charge is 0.462 e. The molecule has 5 nitrogen and oxygen atoms in total. The lowest BCUT2D eigenvalue weighted by Gasteiger charge is -2.15. The standard InChI is InChI=1S/C11H13BN2O3/c1-11(2)8-16-12(17-11)9-3-4-10(14-7-9)15-6-5-13/h3-4,7H,6,8H2,1-2H3. The minimum Gasteiger partial charge on any atom is -0.462 e. The summed E-state index contributed by atoms with van der Waals surface area (Å²) >= 11 is 0. The summed E-state index contributed by atoms with van der Waals surface area (Å²) in [6, 6.07) is 5.41. The SMILES string of the molecule is CC1(C)COB(c2ccc(OCC#N)nc2)O1. The van der Waals surface area contributed by atoms with E-state index in [2.05, 4.69) is 4.98 Å². The van der Waals surface area contributed by atoms with Gasteiger partial charge in [-0.3, -0.25) is 0 Å². The Balaban J connectivity index is 2.01. The second-order valence-corrected chi connectivity index (χ2v) is 4.40. The van der Waals surface area contributed by atoms with Crippen LogP contribution in [-0.2, 0) is 9.31 Å². The van der Waals surface area contributed by atoms with Gasteiger partial charge < -0.3 is 14.0 Å². The van der Waals surface area contributed by atoms with Crippen LogP contribution >= 0.6 is 0 Å². The Morgan fingerprint density at radius 3 is 2.94 bits per heavy atom. The molecule has 0 atom stereocenters. The predicted octanol–water partition coefficient (Wildman–Crippen LogP) is 0.505. The summed E-state index contributed by atoms with van der Waals surface area (Å²) in [6.45, 7) is 4.51. The molecule has 0 bridgehead atoms. The third kappa shape index (κ3) is 2.96. The quantitative estimate of drug-likeness (QED) is 0.710. The number of nitrogens with zero attached hydrogens (tertiary/aromatic N) is 2. The van der Waals surface area contributed by atoms with Crippen LogP contribution in [-0.4, -0.2) is 30.9 Å². The van der Waals surface area contributed by atoms with Gasteiger partial charge in [-0.05, 0) is 19.9 Å². The van der Waals surface area contributed by atoms with Gasteiger partial charge in [-0.2, -0.15) is 5.26 Å². The Morgan fingerprint density at radius 2 is 2.41 bits per heavy atom. The summed E-state index contributed by atoms with van der Waals surface area (Å²) in [5.41, 5.74) is 0.584. The molecule has 2 heterocycles. The van der Waals surface area contributed by atoms with Gasteiger partial charge in [-0.1, -0.05) is 6.07 Å². The first-order valence-corrected chi connectivity index (χ1v) is 5.36. The van der Waals surface area contributed by atoms with Crippen LogP contribution in [0.2, 0.25) is 0 Å². The van der Waals surface area contributed by atoms with E-state index in [9.17, 15) is 0 Å². The molecule has 0 aromatic carbocycles. The van der Waals surface area contributed by atoms with E-state index in [-0.39, 0.29) is 19.3 Å². The second kappa shape index (κ2) is 4.74. The van der Waals surface area contributed by atoms with Crippen molar-refractivity contribution in [3.8, 4) is 11.9 Å².